The van der Waals surface area contributed by atoms with Crippen LogP contribution in [0.25, 0.3) is 28.0 Å². The second kappa shape index (κ2) is 10.0. The van der Waals surface area contributed by atoms with Crippen LogP contribution in [-0.2, 0) is 16.4 Å². The van der Waals surface area contributed by atoms with Crippen LogP contribution in [0.15, 0.2) is 59.6 Å². The largest absolute Gasteiger partial charge is 0.404 e. The summed E-state index contributed by atoms with van der Waals surface area (Å²) in [5.74, 6) is -1.44. The number of rotatable bonds is 7. The molecule has 200 valence electrons. The van der Waals surface area contributed by atoms with Crippen molar-refractivity contribution >= 4 is 38.4 Å². The number of nitrogens with zero attached hydrogens (tertiary/aromatic N) is 2. The lowest BCUT2D eigenvalue weighted by Crippen LogP contribution is -2.42. The number of amides is 1. The molecular formula is C25H21ClF4N4O3S. The Kier molecular flexibility index (Phi) is 7.26. The summed E-state index contributed by atoms with van der Waals surface area (Å²) < 4.78 is 81.6. The highest BCUT2D eigenvalue weighted by Gasteiger charge is 2.39. The molecule has 1 atom stereocenters. The molecule has 38 heavy (non-hydrogen) atoms. The Morgan fingerprint density at radius 2 is 1.89 bits per heavy atom. The summed E-state index contributed by atoms with van der Waals surface area (Å²) in [6, 6.07) is 9.31. The van der Waals surface area contributed by atoms with Crippen molar-refractivity contribution in [3.63, 3.8) is 0 Å². The van der Waals surface area contributed by atoms with Crippen LogP contribution in [0.1, 0.15) is 29.8 Å². The smallest absolute Gasteiger partial charge is 0.366 e. The lowest BCUT2D eigenvalue weighted by atomic mass is 10.0. The summed E-state index contributed by atoms with van der Waals surface area (Å²) >= 11 is 6.21. The molecule has 0 aliphatic heterocycles. The molecule has 2 aromatic carbocycles. The van der Waals surface area contributed by atoms with Crippen molar-refractivity contribution < 1.29 is 30.8 Å². The van der Waals surface area contributed by atoms with E-state index in [2.05, 4.69) is 4.98 Å². The van der Waals surface area contributed by atoms with E-state index in [0.29, 0.717) is 35.1 Å². The van der Waals surface area contributed by atoms with Gasteiger partial charge in [0.05, 0.1) is 22.5 Å². The zero-order chi connectivity index (χ0) is 28.0. The summed E-state index contributed by atoms with van der Waals surface area (Å²) in [6.07, 6.45) is -3.57. The Morgan fingerprint density at radius 1 is 1.18 bits per heavy atom. The molecule has 2 aromatic heterocycles. The number of nitrogens with two attached hydrogens (primary N) is 1. The van der Waals surface area contributed by atoms with Crippen molar-refractivity contribution in [3.05, 3.63) is 76.7 Å². The fourth-order valence-corrected chi connectivity index (χ4v) is 5.40. The van der Waals surface area contributed by atoms with E-state index in [-0.39, 0.29) is 22.3 Å². The third-order valence-electron chi connectivity index (χ3n) is 5.94. The van der Waals surface area contributed by atoms with Crippen LogP contribution in [0.5, 0.6) is 0 Å². The van der Waals surface area contributed by atoms with E-state index in [0.717, 1.165) is 12.3 Å². The average Bonchev–Trinajstić information content (AvgIpc) is 3.16. The number of primary amides is 1. The van der Waals surface area contributed by atoms with Gasteiger partial charge in [0, 0.05) is 22.3 Å². The lowest BCUT2D eigenvalue weighted by molar-refractivity contribution is -0.147. The molecule has 3 N–H and O–H groups in total. The highest BCUT2D eigenvalue weighted by molar-refractivity contribution is 7.89. The number of aryl methyl sites for hydroxylation is 1. The zero-order valence-corrected chi connectivity index (χ0v) is 21.5. The van der Waals surface area contributed by atoms with Crippen molar-refractivity contribution in [3.8, 4) is 17.1 Å². The summed E-state index contributed by atoms with van der Waals surface area (Å²) in [6.45, 7) is 2.44. The molecule has 4 aromatic rings. The lowest BCUT2D eigenvalue weighted by Gasteiger charge is -2.17. The first-order valence-corrected chi connectivity index (χ1v) is 13.1. The van der Waals surface area contributed by atoms with E-state index < -0.39 is 38.9 Å². The van der Waals surface area contributed by atoms with Gasteiger partial charge in [0.25, 0.3) is 5.91 Å². The molecular weight excluding hydrogens is 548 g/mol. The number of carbonyl (C=O) groups is 1. The zero-order valence-electron chi connectivity index (χ0n) is 20.0. The molecule has 0 saturated carbocycles. The minimum absolute atomic E-state index is 0.0660. The monoisotopic (exact) mass is 568 g/mol. The first-order valence-electron chi connectivity index (χ1n) is 11.2. The van der Waals surface area contributed by atoms with E-state index in [1.807, 2.05) is 0 Å². The fraction of sp³-hybridized carbons (Fsp3) is 0.200. The van der Waals surface area contributed by atoms with E-state index in [1.54, 1.807) is 46.5 Å². The quantitative estimate of drug-likeness (QED) is 0.292. The average molecular weight is 569 g/mol. The second-order valence-electron chi connectivity index (χ2n) is 8.48. The molecule has 13 heteroatoms. The molecule has 0 unspecified atom stereocenters. The molecule has 0 bridgehead atoms. The van der Waals surface area contributed by atoms with Gasteiger partial charge < -0.3 is 10.3 Å². The maximum atomic E-state index is 14.8. The molecule has 0 aliphatic carbocycles. The number of pyridine rings is 1. The van der Waals surface area contributed by atoms with E-state index in [4.69, 9.17) is 17.3 Å². The van der Waals surface area contributed by atoms with Crippen molar-refractivity contribution in [2.45, 2.75) is 37.4 Å². The third-order valence-corrected chi connectivity index (χ3v) is 7.70. The number of alkyl halides is 3. The highest BCUT2D eigenvalue weighted by Crippen LogP contribution is 2.37. The predicted molar refractivity (Wildman–Crippen MR) is 135 cm³/mol. The van der Waals surface area contributed by atoms with Gasteiger partial charge in [-0.1, -0.05) is 24.6 Å². The molecule has 7 nitrogen and oxygen atoms in total. The summed E-state index contributed by atoms with van der Waals surface area (Å²) in [4.78, 5) is 16.3. The van der Waals surface area contributed by atoms with Crippen molar-refractivity contribution in [2.75, 3.05) is 0 Å². The Morgan fingerprint density at radius 3 is 2.45 bits per heavy atom. The Hall–Kier alpha value is -3.48. The number of hydrogen-bond acceptors (Lipinski definition) is 4. The number of carbonyl (C=O) groups excluding carboxylic acids is 1. The van der Waals surface area contributed by atoms with E-state index in [9.17, 15) is 30.8 Å². The van der Waals surface area contributed by atoms with Gasteiger partial charge in [-0.15, -0.1) is 0 Å². The fourth-order valence-electron chi connectivity index (χ4n) is 4.04. The molecule has 0 radical (unpaired) electrons. The van der Waals surface area contributed by atoms with Gasteiger partial charge in [-0.25, -0.2) is 12.8 Å². The SMILES string of the molecule is CCc1cc2c(cc1F)c(C(N)=O)c(-c1ccc(S(=O)(=O)N[C@@H](C)C(F)(F)F)cn1)n2-c1cccc(Cl)c1. The van der Waals surface area contributed by atoms with Gasteiger partial charge in [-0.2, -0.15) is 17.9 Å². The Balaban J connectivity index is 1.97. The van der Waals surface area contributed by atoms with Crippen molar-refractivity contribution in [1.29, 1.82) is 0 Å². The molecule has 0 aliphatic rings. The van der Waals surface area contributed by atoms with Crippen molar-refractivity contribution in [1.82, 2.24) is 14.3 Å². The molecule has 0 saturated heterocycles. The summed E-state index contributed by atoms with van der Waals surface area (Å²) in [5.41, 5.74) is 7.12. The minimum atomic E-state index is -4.79. The molecule has 4 rings (SSSR count). The van der Waals surface area contributed by atoms with Gasteiger partial charge in [-0.3, -0.25) is 9.78 Å². The maximum Gasteiger partial charge on any atom is 0.404 e. The van der Waals surface area contributed by atoms with Crippen LogP contribution in [-0.4, -0.2) is 36.1 Å². The number of nitrogens with one attached hydrogen (secondary N) is 1. The number of hydrogen-bond donors (Lipinski definition) is 2. The first kappa shape index (κ1) is 27.6. The third kappa shape index (κ3) is 5.11. The van der Waals surface area contributed by atoms with Gasteiger partial charge >= 0.3 is 6.18 Å². The van der Waals surface area contributed by atoms with Gasteiger partial charge in [-0.05, 0) is 61.4 Å². The van der Waals surface area contributed by atoms with Crippen LogP contribution < -0.4 is 10.5 Å². The highest BCUT2D eigenvalue weighted by atomic mass is 35.5. The van der Waals surface area contributed by atoms with Gasteiger partial charge in [0.1, 0.15) is 16.8 Å². The Bertz CT molecular complexity index is 1650. The standard InChI is InChI=1S/C25H21ClF4N4O3S/c1-3-14-9-21-18(11-19(14)27)22(24(31)35)23(34(21)16-6-4-5-15(26)10-16)20-8-7-17(12-32-20)38(36,37)33-13(2)25(28,29)30/h4-13,33H,3H2,1-2H3,(H2,31,35)/t13-/m0/s1. The topological polar surface area (TPSA) is 107 Å². The molecule has 2 heterocycles. The van der Waals surface area contributed by atoms with Crippen LogP contribution in [0, 0.1) is 5.82 Å². The van der Waals surface area contributed by atoms with E-state index in [1.165, 1.54) is 12.1 Å². The Labute approximate surface area is 220 Å². The number of fused-ring (bicyclic) bond motifs is 1. The maximum absolute atomic E-state index is 14.8. The number of benzene rings is 2. The number of aromatic nitrogens is 2. The predicted octanol–water partition coefficient (Wildman–Crippen LogP) is 5.38. The number of halogens is 5. The molecule has 0 fully saturated rings. The van der Waals surface area contributed by atoms with Crippen LogP contribution in [0.2, 0.25) is 5.02 Å². The molecule has 1 amide bonds. The number of sulfonamides is 1. The minimum Gasteiger partial charge on any atom is -0.366 e. The summed E-state index contributed by atoms with van der Waals surface area (Å²) in [7, 11) is -4.57. The van der Waals surface area contributed by atoms with Crippen LogP contribution in [0.3, 0.4) is 0 Å². The van der Waals surface area contributed by atoms with Gasteiger partial charge in [0.2, 0.25) is 10.0 Å². The second-order valence-corrected chi connectivity index (χ2v) is 10.6. The normalized spacial score (nSPS) is 13.1. The van der Waals surface area contributed by atoms with E-state index >= 15 is 0 Å². The van der Waals surface area contributed by atoms with Crippen LogP contribution >= 0.6 is 11.6 Å². The van der Waals surface area contributed by atoms with Crippen LogP contribution in [0.4, 0.5) is 17.6 Å². The summed E-state index contributed by atoms with van der Waals surface area (Å²) in [5, 5.41) is 0.564. The first-order chi connectivity index (χ1) is 17.7. The van der Waals surface area contributed by atoms with Gasteiger partial charge in [0.15, 0.2) is 0 Å². The molecule has 0 spiro atoms. The van der Waals surface area contributed by atoms with Crippen molar-refractivity contribution in [2.24, 2.45) is 5.73 Å².